The molecular formula is C29H61NO8S. The van der Waals surface area contributed by atoms with Crippen molar-refractivity contribution in [2.45, 2.75) is 149 Å². The number of ether oxygens (including phenoxy) is 1. The average molecular weight is 584 g/mol. The lowest BCUT2D eigenvalue weighted by Gasteiger charge is -2.38. The number of rotatable bonds is 24. The number of quaternary nitrogens is 1. The highest BCUT2D eigenvalue weighted by molar-refractivity contribution is 7.80. The van der Waals surface area contributed by atoms with Crippen LogP contribution in [0.25, 0.3) is 0 Å². The Morgan fingerprint density at radius 3 is 1.38 bits per heavy atom. The molecule has 0 aromatic heterocycles. The normalized spacial score (nSPS) is 15.5. The van der Waals surface area contributed by atoms with Gasteiger partial charge in [-0.1, -0.05) is 96.8 Å². The van der Waals surface area contributed by atoms with Crippen LogP contribution in [0.4, 0.5) is 0 Å². The molecule has 0 aromatic carbocycles. The van der Waals surface area contributed by atoms with Gasteiger partial charge in [0, 0.05) is 6.42 Å². The summed E-state index contributed by atoms with van der Waals surface area (Å²) in [5.41, 5.74) is 0. The predicted molar refractivity (Wildman–Crippen MR) is 156 cm³/mol. The Kier molecular flexibility index (Phi) is 25.8. The van der Waals surface area contributed by atoms with Crippen molar-refractivity contribution >= 4 is 16.4 Å². The zero-order valence-electron chi connectivity index (χ0n) is 25.9. The number of unbranched alkanes of at least 4 members (excludes halogenated alkanes) is 14. The third kappa shape index (κ3) is 31.6. The fourth-order valence-electron chi connectivity index (χ4n) is 5.08. The molecule has 3 atom stereocenters. The SMILES string of the molecule is CCCCCCCCCCCCCCCCCC(=O)OC(C)C[N+](C)(CC(C)O)CC(C)O.COS(=O)(=O)[O-]. The minimum absolute atomic E-state index is 0.127. The van der Waals surface area contributed by atoms with Gasteiger partial charge in [0.2, 0.25) is 10.4 Å². The molecule has 236 valence electrons. The standard InChI is InChI=1S/C28H58NO4.CH4O4S/c1-6-7-8-9-10-11-12-13-14-15-16-17-18-19-20-21-28(32)33-27(4)24-29(5,22-25(2)30)23-26(3)31;1-5-6(2,3)4/h25-27,30-31H,6-24H2,1-5H3;1H3,(H,2,3,4)/q+1;/p-1. The monoisotopic (exact) mass is 583 g/mol. The van der Waals surface area contributed by atoms with Gasteiger partial charge in [-0.25, -0.2) is 8.42 Å². The fourth-order valence-corrected chi connectivity index (χ4v) is 5.08. The zero-order valence-corrected chi connectivity index (χ0v) is 26.7. The van der Waals surface area contributed by atoms with Gasteiger partial charge in [-0.15, -0.1) is 0 Å². The molecule has 0 aromatic rings. The number of esters is 1. The van der Waals surface area contributed by atoms with E-state index in [4.69, 9.17) is 4.74 Å². The molecule has 2 N–H and O–H groups in total. The topological polar surface area (TPSA) is 133 Å². The van der Waals surface area contributed by atoms with Crippen molar-refractivity contribution in [1.82, 2.24) is 0 Å². The second kappa shape index (κ2) is 25.0. The Bertz CT molecular complexity index is 660. The lowest BCUT2D eigenvalue weighted by Crippen LogP contribution is -2.55. The first-order valence-corrected chi connectivity index (χ1v) is 16.5. The van der Waals surface area contributed by atoms with Crippen molar-refractivity contribution in [3.05, 3.63) is 0 Å². The first-order valence-electron chi connectivity index (χ1n) is 15.1. The Morgan fingerprint density at radius 1 is 0.744 bits per heavy atom. The summed E-state index contributed by atoms with van der Waals surface area (Å²) in [7, 11) is -1.61. The maximum absolute atomic E-state index is 12.2. The van der Waals surface area contributed by atoms with Gasteiger partial charge in [0.25, 0.3) is 0 Å². The number of aliphatic hydroxyl groups is 2. The van der Waals surface area contributed by atoms with Crippen LogP contribution in [0.15, 0.2) is 0 Å². The molecule has 0 spiro atoms. The summed E-state index contributed by atoms with van der Waals surface area (Å²) < 4.78 is 37.1. The van der Waals surface area contributed by atoms with E-state index < -0.39 is 22.6 Å². The van der Waals surface area contributed by atoms with Crippen molar-refractivity contribution in [2.75, 3.05) is 33.8 Å². The van der Waals surface area contributed by atoms with Gasteiger partial charge in [0.1, 0.15) is 37.9 Å². The van der Waals surface area contributed by atoms with Gasteiger partial charge in [0.15, 0.2) is 0 Å². The summed E-state index contributed by atoms with van der Waals surface area (Å²) in [6.45, 7) is 9.36. The molecule has 0 rings (SSSR count). The van der Waals surface area contributed by atoms with Gasteiger partial charge in [0.05, 0.1) is 14.2 Å². The highest BCUT2D eigenvalue weighted by Gasteiger charge is 2.29. The minimum Gasteiger partial charge on any atom is -0.726 e. The number of carbonyl (C=O) groups is 1. The van der Waals surface area contributed by atoms with Crippen LogP contribution in [0.3, 0.4) is 0 Å². The quantitative estimate of drug-likeness (QED) is 0.0502. The van der Waals surface area contributed by atoms with Crippen molar-refractivity contribution in [1.29, 1.82) is 0 Å². The summed E-state index contributed by atoms with van der Waals surface area (Å²) in [6, 6.07) is 0. The number of likely N-dealkylation sites (N-methyl/N-ethyl adjacent to an activating group) is 1. The molecule has 9 nitrogen and oxygen atoms in total. The second-order valence-electron chi connectivity index (χ2n) is 11.4. The fraction of sp³-hybridized carbons (Fsp3) is 0.966. The van der Waals surface area contributed by atoms with Crippen LogP contribution in [-0.2, 0) is 24.1 Å². The van der Waals surface area contributed by atoms with E-state index >= 15 is 0 Å². The Labute approximate surface area is 240 Å². The maximum atomic E-state index is 12.2. The van der Waals surface area contributed by atoms with Crippen molar-refractivity contribution in [3.63, 3.8) is 0 Å². The lowest BCUT2D eigenvalue weighted by atomic mass is 10.0. The molecule has 39 heavy (non-hydrogen) atoms. The Hall–Kier alpha value is -0.780. The molecule has 0 aliphatic heterocycles. The first-order chi connectivity index (χ1) is 18.2. The Balaban J connectivity index is 0. The van der Waals surface area contributed by atoms with Crippen LogP contribution in [0.2, 0.25) is 0 Å². The van der Waals surface area contributed by atoms with Crippen LogP contribution < -0.4 is 0 Å². The van der Waals surface area contributed by atoms with Crippen LogP contribution in [0.5, 0.6) is 0 Å². The molecule has 0 amide bonds. The molecule has 10 heteroatoms. The molecule has 0 saturated heterocycles. The first kappa shape index (κ1) is 40.4. The highest BCUT2D eigenvalue weighted by atomic mass is 32.3. The third-order valence-corrected chi connectivity index (χ3v) is 7.04. The van der Waals surface area contributed by atoms with Gasteiger partial charge in [-0.2, -0.15) is 0 Å². The van der Waals surface area contributed by atoms with E-state index in [0.717, 1.165) is 20.0 Å². The summed E-state index contributed by atoms with van der Waals surface area (Å²) in [5, 5.41) is 19.6. The maximum Gasteiger partial charge on any atom is 0.306 e. The van der Waals surface area contributed by atoms with Crippen LogP contribution in [0.1, 0.15) is 130 Å². The lowest BCUT2D eigenvalue weighted by molar-refractivity contribution is -0.917. The van der Waals surface area contributed by atoms with E-state index in [1.54, 1.807) is 13.8 Å². The number of hydrogen-bond donors (Lipinski definition) is 2. The van der Waals surface area contributed by atoms with E-state index in [1.807, 2.05) is 14.0 Å². The number of nitrogens with zero attached hydrogens (tertiary/aromatic N) is 1. The van der Waals surface area contributed by atoms with E-state index in [9.17, 15) is 28.0 Å². The number of aliphatic hydroxyl groups excluding tert-OH is 2. The van der Waals surface area contributed by atoms with E-state index in [1.165, 1.54) is 83.5 Å². The van der Waals surface area contributed by atoms with E-state index in [-0.39, 0.29) is 12.1 Å². The average Bonchev–Trinajstić information content (AvgIpc) is 2.80. The molecule has 0 radical (unpaired) electrons. The predicted octanol–water partition coefficient (Wildman–Crippen LogP) is 5.48. The molecule has 0 aliphatic carbocycles. The van der Waals surface area contributed by atoms with Gasteiger partial charge < -0.3 is 24.0 Å². The van der Waals surface area contributed by atoms with Gasteiger partial charge in [-0.05, 0) is 27.2 Å². The summed E-state index contributed by atoms with van der Waals surface area (Å²) in [4.78, 5) is 12.2. The van der Waals surface area contributed by atoms with Crippen LogP contribution >= 0.6 is 0 Å². The minimum atomic E-state index is -4.41. The van der Waals surface area contributed by atoms with E-state index in [0.29, 0.717) is 30.5 Å². The number of carbonyl (C=O) groups excluding carboxylic acids is 1. The summed E-state index contributed by atoms with van der Waals surface area (Å²) >= 11 is 0. The summed E-state index contributed by atoms with van der Waals surface area (Å²) in [5.74, 6) is -0.127. The number of hydrogen-bond acceptors (Lipinski definition) is 8. The van der Waals surface area contributed by atoms with Gasteiger partial charge in [-0.3, -0.25) is 8.98 Å². The Morgan fingerprint density at radius 2 is 1.08 bits per heavy atom. The zero-order chi connectivity index (χ0) is 30.2. The van der Waals surface area contributed by atoms with Gasteiger partial charge >= 0.3 is 5.97 Å². The summed E-state index contributed by atoms with van der Waals surface area (Å²) in [6.07, 6.45) is 19.1. The third-order valence-electron chi connectivity index (χ3n) is 6.63. The van der Waals surface area contributed by atoms with Crippen molar-refractivity contribution < 1.29 is 41.4 Å². The molecule has 0 fully saturated rings. The molecule has 0 heterocycles. The second-order valence-corrected chi connectivity index (χ2v) is 12.6. The molecule has 0 aliphatic rings. The molecule has 3 unspecified atom stereocenters. The van der Waals surface area contributed by atoms with Crippen LogP contribution in [-0.4, -0.2) is 85.7 Å². The molecule has 0 bridgehead atoms. The molecule has 0 saturated carbocycles. The van der Waals surface area contributed by atoms with Crippen LogP contribution in [0, 0.1) is 0 Å². The highest BCUT2D eigenvalue weighted by Crippen LogP contribution is 2.15. The van der Waals surface area contributed by atoms with E-state index in [2.05, 4.69) is 11.1 Å². The van der Waals surface area contributed by atoms with Crippen molar-refractivity contribution in [2.24, 2.45) is 0 Å². The smallest absolute Gasteiger partial charge is 0.306 e. The largest absolute Gasteiger partial charge is 0.726 e. The molecular weight excluding hydrogens is 522 g/mol. The van der Waals surface area contributed by atoms with Crippen molar-refractivity contribution in [3.8, 4) is 0 Å².